The monoisotopic (exact) mass is 395 g/mol. The Hall–Kier alpha value is -3.12. The lowest BCUT2D eigenvalue weighted by molar-refractivity contribution is 0.0950. The number of carbonyl (C=O) groups is 1. The van der Waals surface area contributed by atoms with Gasteiger partial charge in [-0.15, -0.1) is 0 Å². The van der Waals surface area contributed by atoms with Crippen molar-refractivity contribution in [1.82, 2.24) is 5.32 Å². The molecule has 0 bridgehead atoms. The van der Waals surface area contributed by atoms with E-state index in [1.807, 2.05) is 55.5 Å². The van der Waals surface area contributed by atoms with E-state index in [1.54, 1.807) is 12.1 Å². The summed E-state index contributed by atoms with van der Waals surface area (Å²) in [6.07, 6.45) is 1.11. The molecule has 3 aromatic carbocycles. The Morgan fingerprint density at radius 2 is 1.68 bits per heavy atom. The van der Waals surface area contributed by atoms with Gasteiger partial charge in [-0.2, -0.15) is 0 Å². The van der Waals surface area contributed by atoms with Gasteiger partial charge in [-0.05, 0) is 43.3 Å². The number of ether oxygens (including phenoxy) is 1. The first kappa shape index (κ1) is 19.6. The van der Waals surface area contributed by atoms with Crippen LogP contribution < -0.4 is 10.1 Å². The molecule has 0 fully saturated rings. The molecule has 0 radical (unpaired) electrons. The maximum absolute atomic E-state index is 12.5. The SMILES string of the molecule is Cc1ccc(Oc2ccccc2CNC(=O)c2cccc(S(C)(=O)=O)c2)cc1. The van der Waals surface area contributed by atoms with E-state index in [9.17, 15) is 13.2 Å². The fourth-order valence-electron chi connectivity index (χ4n) is 2.63. The summed E-state index contributed by atoms with van der Waals surface area (Å²) in [4.78, 5) is 12.6. The lowest BCUT2D eigenvalue weighted by Gasteiger charge is -2.12. The molecule has 0 aromatic heterocycles. The zero-order valence-corrected chi connectivity index (χ0v) is 16.5. The van der Waals surface area contributed by atoms with E-state index in [0.717, 1.165) is 17.4 Å². The molecule has 1 N–H and O–H groups in total. The summed E-state index contributed by atoms with van der Waals surface area (Å²) in [6, 6.07) is 21.1. The summed E-state index contributed by atoms with van der Waals surface area (Å²) >= 11 is 0. The molecule has 0 spiro atoms. The van der Waals surface area contributed by atoms with Gasteiger partial charge in [0, 0.05) is 23.9 Å². The second kappa shape index (κ2) is 8.27. The highest BCUT2D eigenvalue weighted by atomic mass is 32.2. The molecule has 0 atom stereocenters. The van der Waals surface area contributed by atoms with Crippen molar-refractivity contribution in [2.75, 3.05) is 6.26 Å². The van der Waals surface area contributed by atoms with Crippen LogP contribution in [0.2, 0.25) is 0 Å². The van der Waals surface area contributed by atoms with Crippen LogP contribution in [-0.4, -0.2) is 20.6 Å². The average molecular weight is 395 g/mol. The molecule has 5 nitrogen and oxygen atoms in total. The zero-order chi connectivity index (χ0) is 20.1. The molecular weight excluding hydrogens is 374 g/mol. The van der Waals surface area contributed by atoms with Gasteiger partial charge in [-0.1, -0.05) is 42.0 Å². The predicted octanol–water partition coefficient (Wildman–Crippen LogP) is 4.12. The Morgan fingerprint density at radius 3 is 2.39 bits per heavy atom. The van der Waals surface area contributed by atoms with Gasteiger partial charge in [0.05, 0.1) is 4.90 Å². The van der Waals surface area contributed by atoms with Crippen LogP contribution in [0.5, 0.6) is 11.5 Å². The van der Waals surface area contributed by atoms with Crippen molar-refractivity contribution in [3.8, 4) is 11.5 Å². The van der Waals surface area contributed by atoms with Crippen molar-refractivity contribution in [2.45, 2.75) is 18.4 Å². The second-order valence-electron chi connectivity index (χ2n) is 6.51. The number of carbonyl (C=O) groups excluding carboxylic acids is 1. The molecule has 6 heteroatoms. The maximum atomic E-state index is 12.5. The first-order chi connectivity index (χ1) is 13.3. The minimum atomic E-state index is -3.37. The van der Waals surface area contributed by atoms with Gasteiger partial charge < -0.3 is 10.1 Å². The summed E-state index contributed by atoms with van der Waals surface area (Å²) < 4.78 is 29.3. The average Bonchev–Trinajstić information content (AvgIpc) is 2.68. The summed E-state index contributed by atoms with van der Waals surface area (Å²) in [5, 5.41) is 2.82. The molecule has 0 saturated heterocycles. The Bertz CT molecular complexity index is 1090. The zero-order valence-electron chi connectivity index (χ0n) is 15.7. The minimum absolute atomic E-state index is 0.114. The second-order valence-corrected chi connectivity index (χ2v) is 8.52. The van der Waals surface area contributed by atoms with E-state index >= 15 is 0 Å². The van der Waals surface area contributed by atoms with Gasteiger partial charge in [0.15, 0.2) is 9.84 Å². The van der Waals surface area contributed by atoms with Crippen LogP contribution in [0.1, 0.15) is 21.5 Å². The smallest absolute Gasteiger partial charge is 0.251 e. The highest BCUT2D eigenvalue weighted by Crippen LogP contribution is 2.25. The topological polar surface area (TPSA) is 72.5 Å². The molecule has 144 valence electrons. The van der Waals surface area contributed by atoms with Crippen LogP contribution in [0.4, 0.5) is 0 Å². The van der Waals surface area contributed by atoms with Crippen LogP contribution in [-0.2, 0) is 16.4 Å². The number of amides is 1. The number of rotatable bonds is 6. The van der Waals surface area contributed by atoms with E-state index in [-0.39, 0.29) is 17.3 Å². The molecule has 0 aliphatic carbocycles. The Labute approximate surface area is 164 Å². The molecule has 0 saturated carbocycles. The predicted molar refractivity (Wildman–Crippen MR) is 108 cm³/mol. The van der Waals surface area contributed by atoms with Crippen molar-refractivity contribution >= 4 is 15.7 Å². The van der Waals surface area contributed by atoms with Gasteiger partial charge in [-0.25, -0.2) is 8.42 Å². The summed E-state index contributed by atoms with van der Waals surface area (Å²) in [7, 11) is -3.37. The van der Waals surface area contributed by atoms with Crippen LogP contribution in [0.3, 0.4) is 0 Å². The molecule has 0 aliphatic rings. The normalized spacial score (nSPS) is 11.1. The van der Waals surface area contributed by atoms with Crippen LogP contribution in [0.25, 0.3) is 0 Å². The highest BCUT2D eigenvalue weighted by Gasteiger charge is 2.12. The number of hydrogen-bond donors (Lipinski definition) is 1. The van der Waals surface area contributed by atoms with Crippen molar-refractivity contribution in [3.63, 3.8) is 0 Å². The van der Waals surface area contributed by atoms with Gasteiger partial charge in [-0.3, -0.25) is 4.79 Å². The summed E-state index contributed by atoms with van der Waals surface area (Å²) in [5.74, 6) is 1.01. The number of para-hydroxylation sites is 1. The minimum Gasteiger partial charge on any atom is -0.457 e. The summed E-state index contributed by atoms with van der Waals surface area (Å²) in [5.41, 5.74) is 2.25. The largest absolute Gasteiger partial charge is 0.457 e. The van der Waals surface area contributed by atoms with Gasteiger partial charge in [0.1, 0.15) is 11.5 Å². The Balaban J connectivity index is 1.73. The lowest BCUT2D eigenvalue weighted by atomic mass is 10.1. The van der Waals surface area contributed by atoms with E-state index in [0.29, 0.717) is 17.1 Å². The molecule has 0 aliphatic heterocycles. The van der Waals surface area contributed by atoms with Crippen molar-refractivity contribution < 1.29 is 17.9 Å². The third-order valence-corrected chi connectivity index (χ3v) is 5.30. The van der Waals surface area contributed by atoms with Gasteiger partial charge in [0.2, 0.25) is 0 Å². The number of nitrogens with one attached hydrogen (secondary N) is 1. The molecular formula is C22H21NO4S. The molecule has 1 amide bonds. The number of aryl methyl sites for hydroxylation is 1. The Morgan fingerprint density at radius 1 is 0.964 bits per heavy atom. The number of benzene rings is 3. The highest BCUT2D eigenvalue weighted by molar-refractivity contribution is 7.90. The standard InChI is InChI=1S/C22H21NO4S/c1-16-10-12-19(13-11-16)27-21-9-4-3-6-18(21)15-23-22(24)17-7-5-8-20(14-17)28(2,25)26/h3-14H,15H2,1-2H3,(H,23,24). The first-order valence-electron chi connectivity index (χ1n) is 8.74. The maximum Gasteiger partial charge on any atom is 0.251 e. The van der Waals surface area contributed by atoms with E-state index in [2.05, 4.69) is 5.32 Å². The van der Waals surface area contributed by atoms with E-state index < -0.39 is 9.84 Å². The van der Waals surface area contributed by atoms with Gasteiger partial charge >= 0.3 is 0 Å². The molecule has 28 heavy (non-hydrogen) atoms. The quantitative estimate of drug-likeness (QED) is 0.681. The molecule has 0 heterocycles. The van der Waals surface area contributed by atoms with Crippen LogP contribution in [0.15, 0.2) is 77.7 Å². The van der Waals surface area contributed by atoms with Crippen LogP contribution in [0, 0.1) is 6.92 Å². The first-order valence-corrected chi connectivity index (χ1v) is 10.6. The molecule has 0 unspecified atom stereocenters. The summed E-state index contributed by atoms with van der Waals surface area (Å²) in [6.45, 7) is 2.26. The number of sulfone groups is 1. The van der Waals surface area contributed by atoms with Crippen LogP contribution >= 0.6 is 0 Å². The third kappa shape index (κ3) is 4.98. The van der Waals surface area contributed by atoms with Crippen molar-refractivity contribution in [2.24, 2.45) is 0 Å². The van der Waals surface area contributed by atoms with E-state index in [1.165, 1.54) is 12.1 Å². The lowest BCUT2D eigenvalue weighted by Crippen LogP contribution is -2.23. The molecule has 3 aromatic rings. The van der Waals surface area contributed by atoms with Crippen molar-refractivity contribution in [3.05, 3.63) is 89.5 Å². The Kier molecular flexibility index (Phi) is 5.80. The fourth-order valence-corrected chi connectivity index (χ4v) is 3.30. The number of hydrogen-bond acceptors (Lipinski definition) is 4. The van der Waals surface area contributed by atoms with E-state index in [4.69, 9.17) is 4.74 Å². The van der Waals surface area contributed by atoms with Crippen molar-refractivity contribution in [1.29, 1.82) is 0 Å². The third-order valence-electron chi connectivity index (χ3n) is 4.19. The van der Waals surface area contributed by atoms with Gasteiger partial charge in [0.25, 0.3) is 5.91 Å². The molecule has 3 rings (SSSR count). The fraction of sp³-hybridized carbons (Fsp3) is 0.136.